The van der Waals surface area contributed by atoms with Crippen molar-refractivity contribution in [2.24, 2.45) is 17.6 Å². The molecule has 3 aliphatic heterocycles. The van der Waals surface area contributed by atoms with Gasteiger partial charge in [0.25, 0.3) is 0 Å². The lowest BCUT2D eigenvalue weighted by molar-refractivity contribution is -0.139. The monoisotopic (exact) mass is 437 g/mol. The van der Waals surface area contributed by atoms with Crippen LogP contribution in [0.1, 0.15) is 25.7 Å². The molecule has 1 atom stereocenters. The molecule has 2 amide bonds. The lowest BCUT2D eigenvalue weighted by Crippen LogP contribution is -2.48. The van der Waals surface area contributed by atoms with E-state index in [1.54, 1.807) is 11.0 Å². The highest BCUT2D eigenvalue weighted by Crippen LogP contribution is 2.34. The summed E-state index contributed by atoms with van der Waals surface area (Å²) in [6, 6.07) is 4.64. The van der Waals surface area contributed by atoms with Crippen LogP contribution < -0.4 is 15.2 Å². The maximum atomic E-state index is 13.1. The Morgan fingerprint density at radius 2 is 1.67 bits per heavy atom. The van der Waals surface area contributed by atoms with E-state index in [4.69, 9.17) is 15.2 Å². The van der Waals surface area contributed by atoms with Gasteiger partial charge in [-0.05, 0) is 37.8 Å². The van der Waals surface area contributed by atoms with Crippen LogP contribution in [0.2, 0.25) is 0 Å². The van der Waals surface area contributed by atoms with Crippen LogP contribution in [0.25, 0.3) is 0 Å². The van der Waals surface area contributed by atoms with Crippen LogP contribution in [-0.2, 0) is 19.6 Å². The highest BCUT2D eigenvalue weighted by Gasteiger charge is 2.36. The van der Waals surface area contributed by atoms with Gasteiger partial charge in [-0.15, -0.1) is 0 Å². The number of sulfonamides is 1. The van der Waals surface area contributed by atoms with Gasteiger partial charge in [-0.3, -0.25) is 9.59 Å². The Hall–Kier alpha value is -2.33. The van der Waals surface area contributed by atoms with E-state index in [0.717, 1.165) is 6.42 Å². The third-order valence-electron chi connectivity index (χ3n) is 6.09. The summed E-state index contributed by atoms with van der Waals surface area (Å²) in [6.07, 6.45) is 2.39. The molecule has 2 N–H and O–H groups in total. The molecule has 0 aromatic heterocycles. The fourth-order valence-electron chi connectivity index (χ4n) is 4.34. The molecule has 0 radical (unpaired) electrons. The number of hydrogen-bond donors (Lipinski definition) is 1. The number of benzene rings is 1. The molecule has 30 heavy (non-hydrogen) atoms. The number of ether oxygens (including phenoxy) is 2. The van der Waals surface area contributed by atoms with E-state index in [1.807, 2.05) is 0 Å². The number of rotatable bonds is 4. The number of nitrogens with zero attached hydrogens (tertiary/aromatic N) is 2. The second kappa shape index (κ2) is 8.43. The number of fused-ring (bicyclic) bond motifs is 1. The lowest BCUT2D eigenvalue weighted by atomic mass is 9.92. The summed E-state index contributed by atoms with van der Waals surface area (Å²) in [7, 11) is -3.68. The lowest BCUT2D eigenvalue weighted by Gasteiger charge is -2.36. The van der Waals surface area contributed by atoms with Crippen LogP contribution >= 0.6 is 0 Å². The Morgan fingerprint density at radius 1 is 0.967 bits per heavy atom. The first-order chi connectivity index (χ1) is 14.4. The van der Waals surface area contributed by atoms with Crippen LogP contribution in [0.3, 0.4) is 0 Å². The molecule has 0 aliphatic carbocycles. The highest BCUT2D eigenvalue weighted by molar-refractivity contribution is 7.89. The highest BCUT2D eigenvalue weighted by atomic mass is 32.2. The van der Waals surface area contributed by atoms with Gasteiger partial charge in [0.1, 0.15) is 13.2 Å². The Morgan fingerprint density at radius 3 is 2.37 bits per heavy atom. The van der Waals surface area contributed by atoms with Gasteiger partial charge in [-0.1, -0.05) is 0 Å². The molecule has 4 rings (SSSR count). The molecule has 0 saturated carbocycles. The number of primary amides is 1. The van der Waals surface area contributed by atoms with Crippen molar-refractivity contribution in [1.82, 2.24) is 9.21 Å². The van der Waals surface area contributed by atoms with Crippen molar-refractivity contribution in [3.63, 3.8) is 0 Å². The normalized spacial score (nSPS) is 23.2. The smallest absolute Gasteiger partial charge is 0.243 e. The topological polar surface area (TPSA) is 119 Å². The number of piperidine rings is 2. The predicted molar refractivity (Wildman–Crippen MR) is 107 cm³/mol. The second-order valence-corrected chi connectivity index (χ2v) is 9.95. The van der Waals surface area contributed by atoms with Crippen molar-refractivity contribution >= 4 is 21.8 Å². The van der Waals surface area contributed by atoms with Crippen molar-refractivity contribution in [2.45, 2.75) is 30.6 Å². The zero-order chi connectivity index (χ0) is 21.3. The van der Waals surface area contributed by atoms with Crippen LogP contribution in [0.4, 0.5) is 0 Å². The zero-order valence-electron chi connectivity index (χ0n) is 16.8. The molecule has 2 saturated heterocycles. The van der Waals surface area contributed by atoms with E-state index in [-0.39, 0.29) is 41.6 Å². The predicted octanol–water partition coefficient (Wildman–Crippen LogP) is 0.582. The maximum Gasteiger partial charge on any atom is 0.243 e. The van der Waals surface area contributed by atoms with E-state index >= 15 is 0 Å². The van der Waals surface area contributed by atoms with E-state index in [0.29, 0.717) is 57.1 Å². The van der Waals surface area contributed by atoms with E-state index in [2.05, 4.69) is 0 Å². The summed E-state index contributed by atoms with van der Waals surface area (Å²) in [6.45, 7) is 2.37. The fourth-order valence-corrected chi connectivity index (χ4v) is 5.83. The van der Waals surface area contributed by atoms with Crippen LogP contribution in [0.15, 0.2) is 23.1 Å². The molecular weight excluding hydrogens is 410 g/mol. The number of carbonyl (C=O) groups excluding carboxylic acids is 2. The van der Waals surface area contributed by atoms with E-state index < -0.39 is 10.0 Å². The minimum atomic E-state index is -3.68. The largest absolute Gasteiger partial charge is 0.486 e. The zero-order valence-corrected chi connectivity index (χ0v) is 17.6. The van der Waals surface area contributed by atoms with Crippen molar-refractivity contribution in [2.75, 3.05) is 39.4 Å². The van der Waals surface area contributed by atoms with Gasteiger partial charge in [0.15, 0.2) is 11.5 Å². The molecule has 3 aliphatic rings. The molecule has 3 heterocycles. The minimum Gasteiger partial charge on any atom is -0.486 e. The third kappa shape index (κ3) is 4.11. The van der Waals surface area contributed by atoms with Gasteiger partial charge in [0.05, 0.1) is 10.8 Å². The van der Waals surface area contributed by atoms with Gasteiger partial charge < -0.3 is 20.1 Å². The fraction of sp³-hybridized carbons (Fsp3) is 0.600. The van der Waals surface area contributed by atoms with Crippen molar-refractivity contribution in [3.05, 3.63) is 18.2 Å². The van der Waals surface area contributed by atoms with Gasteiger partial charge >= 0.3 is 0 Å². The first kappa shape index (κ1) is 20.9. The Bertz CT molecular complexity index is 926. The first-order valence-corrected chi connectivity index (χ1v) is 11.8. The first-order valence-electron chi connectivity index (χ1n) is 10.3. The Balaban J connectivity index is 1.39. The molecule has 0 spiro atoms. The Kier molecular flexibility index (Phi) is 5.88. The standard InChI is InChI=1S/C20H27N3O6S/c21-19(24)15-2-1-7-22(13-15)20(25)14-5-8-23(9-6-14)30(26,27)16-3-4-17-18(12-16)29-11-10-28-17/h3-4,12,14-15H,1-2,5-11,13H2,(H2,21,24). The molecule has 0 bridgehead atoms. The molecule has 164 valence electrons. The molecule has 10 heteroatoms. The van der Waals surface area contributed by atoms with E-state index in [1.165, 1.54) is 16.4 Å². The molecule has 1 unspecified atom stereocenters. The summed E-state index contributed by atoms with van der Waals surface area (Å²) in [5, 5.41) is 0. The quantitative estimate of drug-likeness (QED) is 0.736. The number of likely N-dealkylation sites (tertiary alicyclic amines) is 1. The van der Waals surface area contributed by atoms with Crippen molar-refractivity contribution < 1.29 is 27.5 Å². The Labute approximate surface area is 176 Å². The summed E-state index contributed by atoms with van der Waals surface area (Å²) in [5.41, 5.74) is 5.40. The van der Waals surface area contributed by atoms with Crippen LogP contribution in [0, 0.1) is 11.8 Å². The summed E-state index contributed by atoms with van der Waals surface area (Å²) < 4.78 is 38.5. The van der Waals surface area contributed by atoms with E-state index in [9.17, 15) is 18.0 Å². The maximum absolute atomic E-state index is 13.1. The number of nitrogens with two attached hydrogens (primary N) is 1. The molecule has 2 fully saturated rings. The number of carbonyl (C=O) groups is 2. The molecule has 1 aromatic rings. The summed E-state index contributed by atoms with van der Waals surface area (Å²) in [4.78, 5) is 26.2. The van der Waals surface area contributed by atoms with Gasteiger partial charge in [0.2, 0.25) is 21.8 Å². The average molecular weight is 438 g/mol. The van der Waals surface area contributed by atoms with Crippen molar-refractivity contribution in [3.8, 4) is 11.5 Å². The minimum absolute atomic E-state index is 0.00247. The van der Waals surface area contributed by atoms with Crippen LogP contribution in [0.5, 0.6) is 11.5 Å². The van der Waals surface area contributed by atoms with Gasteiger partial charge in [-0.25, -0.2) is 8.42 Å². The average Bonchev–Trinajstić information content (AvgIpc) is 2.78. The number of hydrogen-bond acceptors (Lipinski definition) is 6. The van der Waals surface area contributed by atoms with Crippen LogP contribution in [-0.4, -0.2) is 68.8 Å². The third-order valence-corrected chi connectivity index (χ3v) is 7.98. The van der Waals surface area contributed by atoms with Gasteiger partial charge in [0, 0.05) is 38.2 Å². The second-order valence-electron chi connectivity index (χ2n) is 8.01. The molecule has 9 nitrogen and oxygen atoms in total. The molecule has 1 aromatic carbocycles. The SMILES string of the molecule is NC(=O)C1CCCN(C(=O)C2CCN(S(=O)(=O)c3ccc4c(c3)OCCO4)CC2)C1. The molecular formula is C20H27N3O6S. The van der Waals surface area contributed by atoms with Crippen molar-refractivity contribution in [1.29, 1.82) is 0 Å². The summed E-state index contributed by atoms with van der Waals surface area (Å²) in [5.74, 6) is 0.0775. The summed E-state index contributed by atoms with van der Waals surface area (Å²) >= 11 is 0. The number of amides is 2. The van der Waals surface area contributed by atoms with Gasteiger partial charge in [-0.2, -0.15) is 4.31 Å².